The van der Waals surface area contributed by atoms with Crippen molar-refractivity contribution in [1.82, 2.24) is 15.2 Å². The largest absolute Gasteiger partial charge is 0.350 e. The molecule has 4 nitrogen and oxygen atoms in total. The summed E-state index contributed by atoms with van der Waals surface area (Å²) in [5, 5.41) is 3.36. The minimum absolute atomic E-state index is 0.0859. The zero-order chi connectivity index (χ0) is 15.6. The zero-order valence-electron chi connectivity index (χ0n) is 13.2. The molecule has 0 radical (unpaired) electrons. The van der Waals surface area contributed by atoms with Crippen LogP contribution in [0.3, 0.4) is 0 Å². The number of hydrogen-bond donors (Lipinski definition) is 1. The Kier molecular flexibility index (Phi) is 5.22. The molecule has 1 atom stereocenters. The lowest BCUT2D eigenvalue weighted by molar-refractivity contribution is 0.0939. The van der Waals surface area contributed by atoms with Crippen LogP contribution >= 0.6 is 11.6 Å². The maximum atomic E-state index is 12.3. The summed E-state index contributed by atoms with van der Waals surface area (Å²) < 4.78 is 0. The van der Waals surface area contributed by atoms with Crippen molar-refractivity contribution < 1.29 is 4.79 Å². The van der Waals surface area contributed by atoms with Gasteiger partial charge in [-0.05, 0) is 44.9 Å². The quantitative estimate of drug-likeness (QED) is 0.821. The fourth-order valence-corrected chi connectivity index (χ4v) is 2.49. The predicted molar refractivity (Wildman–Crippen MR) is 85.9 cm³/mol. The van der Waals surface area contributed by atoms with Crippen molar-refractivity contribution in [3.8, 4) is 0 Å². The van der Waals surface area contributed by atoms with E-state index in [1.54, 1.807) is 6.07 Å². The van der Waals surface area contributed by atoms with Gasteiger partial charge in [0.05, 0.1) is 0 Å². The summed E-state index contributed by atoms with van der Waals surface area (Å²) in [5.41, 5.74) is 1.43. The van der Waals surface area contributed by atoms with Crippen molar-refractivity contribution in [3.05, 3.63) is 28.5 Å². The van der Waals surface area contributed by atoms with Crippen LogP contribution in [0, 0.1) is 0 Å². The molecule has 2 rings (SSSR count). The van der Waals surface area contributed by atoms with Gasteiger partial charge in [0.2, 0.25) is 0 Å². The van der Waals surface area contributed by atoms with E-state index in [0.717, 1.165) is 5.69 Å². The number of carbonyl (C=O) groups excluding carboxylic acids is 1. The SMILES string of the molecule is CC(C)c1cc(C(=O)NCC(C)N(C)C2CC2)cc(Cl)n1. The van der Waals surface area contributed by atoms with E-state index in [-0.39, 0.29) is 11.8 Å². The Morgan fingerprint density at radius 3 is 2.67 bits per heavy atom. The second-order valence-electron chi connectivity index (χ2n) is 6.21. The average molecular weight is 310 g/mol. The molecule has 0 bridgehead atoms. The van der Waals surface area contributed by atoms with Crippen molar-refractivity contribution in [3.63, 3.8) is 0 Å². The molecule has 5 heteroatoms. The lowest BCUT2D eigenvalue weighted by atomic mass is 10.1. The highest BCUT2D eigenvalue weighted by molar-refractivity contribution is 6.29. The average Bonchev–Trinajstić information content (AvgIpc) is 3.27. The smallest absolute Gasteiger partial charge is 0.251 e. The Labute approximate surface area is 131 Å². The number of amides is 1. The number of likely N-dealkylation sites (N-methyl/N-ethyl adjacent to an activating group) is 1. The number of pyridine rings is 1. The fraction of sp³-hybridized carbons (Fsp3) is 0.625. The molecule has 1 heterocycles. The first-order chi connectivity index (χ1) is 9.88. The number of aromatic nitrogens is 1. The third-order valence-electron chi connectivity index (χ3n) is 4.04. The summed E-state index contributed by atoms with van der Waals surface area (Å²) >= 11 is 6.00. The van der Waals surface area contributed by atoms with Crippen molar-refractivity contribution in [2.24, 2.45) is 0 Å². The number of nitrogens with one attached hydrogen (secondary N) is 1. The third kappa shape index (κ3) is 4.42. The molecular weight excluding hydrogens is 286 g/mol. The lowest BCUT2D eigenvalue weighted by Gasteiger charge is -2.24. The highest BCUT2D eigenvalue weighted by Crippen LogP contribution is 2.26. The number of halogens is 1. The number of rotatable bonds is 6. The van der Waals surface area contributed by atoms with Crippen molar-refractivity contribution in [2.75, 3.05) is 13.6 Å². The van der Waals surface area contributed by atoms with Crippen molar-refractivity contribution in [2.45, 2.75) is 51.6 Å². The summed E-state index contributed by atoms with van der Waals surface area (Å²) in [7, 11) is 2.12. The van der Waals surface area contributed by atoms with Gasteiger partial charge in [0.15, 0.2) is 0 Å². The highest BCUT2D eigenvalue weighted by atomic mass is 35.5. The molecule has 1 N–H and O–H groups in total. The molecule has 21 heavy (non-hydrogen) atoms. The van der Waals surface area contributed by atoms with Crippen LogP contribution in [0.5, 0.6) is 0 Å². The van der Waals surface area contributed by atoms with Crippen LogP contribution in [-0.4, -0.2) is 41.5 Å². The van der Waals surface area contributed by atoms with Gasteiger partial charge < -0.3 is 5.32 Å². The van der Waals surface area contributed by atoms with E-state index < -0.39 is 0 Å². The van der Waals surface area contributed by atoms with Gasteiger partial charge in [-0.25, -0.2) is 4.98 Å². The van der Waals surface area contributed by atoms with Crippen LogP contribution in [0.4, 0.5) is 0 Å². The number of carbonyl (C=O) groups is 1. The second-order valence-corrected chi connectivity index (χ2v) is 6.60. The maximum Gasteiger partial charge on any atom is 0.251 e. The van der Waals surface area contributed by atoms with Crippen LogP contribution in [0.15, 0.2) is 12.1 Å². The fourth-order valence-electron chi connectivity index (χ4n) is 2.27. The van der Waals surface area contributed by atoms with Crippen LogP contribution < -0.4 is 5.32 Å². The molecule has 0 saturated heterocycles. The molecule has 1 amide bonds. The summed E-state index contributed by atoms with van der Waals surface area (Å²) in [6, 6.07) is 4.47. The molecule has 0 aromatic carbocycles. The molecule has 1 saturated carbocycles. The summed E-state index contributed by atoms with van der Waals surface area (Å²) in [4.78, 5) is 18.8. The van der Waals surface area contributed by atoms with Gasteiger partial charge in [-0.1, -0.05) is 25.4 Å². The van der Waals surface area contributed by atoms with E-state index in [9.17, 15) is 4.79 Å². The molecule has 116 valence electrons. The first kappa shape index (κ1) is 16.2. The Morgan fingerprint density at radius 1 is 1.43 bits per heavy atom. The number of hydrogen-bond acceptors (Lipinski definition) is 3. The second kappa shape index (κ2) is 6.75. The molecule has 0 aliphatic heterocycles. The summed E-state index contributed by atoms with van der Waals surface area (Å²) in [5.74, 6) is 0.160. The van der Waals surface area contributed by atoms with Gasteiger partial charge in [-0.3, -0.25) is 9.69 Å². The Balaban J connectivity index is 1.96. The first-order valence-electron chi connectivity index (χ1n) is 7.56. The highest BCUT2D eigenvalue weighted by Gasteiger charge is 2.29. The predicted octanol–water partition coefficient (Wildman–Crippen LogP) is 3.07. The van der Waals surface area contributed by atoms with E-state index >= 15 is 0 Å². The molecule has 1 fully saturated rings. The van der Waals surface area contributed by atoms with Crippen LogP contribution in [0.2, 0.25) is 5.15 Å². The minimum Gasteiger partial charge on any atom is -0.350 e. The lowest BCUT2D eigenvalue weighted by Crippen LogP contribution is -2.41. The van der Waals surface area contributed by atoms with E-state index in [2.05, 4.69) is 29.2 Å². The molecular formula is C16H24ClN3O. The summed E-state index contributed by atoms with van der Waals surface area (Å²) in [6.45, 7) is 6.85. The third-order valence-corrected chi connectivity index (χ3v) is 4.24. The van der Waals surface area contributed by atoms with Gasteiger partial charge in [-0.2, -0.15) is 0 Å². The van der Waals surface area contributed by atoms with E-state index in [4.69, 9.17) is 11.6 Å². The van der Waals surface area contributed by atoms with Crippen molar-refractivity contribution in [1.29, 1.82) is 0 Å². The molecule has 1 aromatic rings. The minimum atomic E-state index is -0.0859. The van der Waals surface area contributed by atoms with Crippen molar-refractivity contribution >= 4 is 17.5 Å². The van der Waals surface area contributed by atoms with Crippen LogP contribution in [0.25, 0.3) is 0 Å². The molecule has 1 aromatic heterocycles. The number of nitrogens with zero attached hydrogens (tertiary/aromatic N) is 2. The van der Waals surface area contributed by atoms with E-state index in [1.165, 1.54) is 12.8 Å². The molecule has 1 unspecified atom stereocenters. The van der Waals surface area contributed by atoms with Gasteiger partial charge in [0.25, 0.3) is 5.91 Å². The van der Waals surface area contributed by atoms with E-state index in [0.29, 0.717) is 29.3 Å². The van der Waals surface area contributed by atoms with Gasteiger partial charge in [-0.15, -0.1) is 0 Å². The molecule has 1 aliphatic carbocycles. The molecule has 1 aliphatic rings. The van der Waals surface area contributed by atoms with Crippen LogP contribution in [-0.2, 0) is 0 Å². The standard InChI is InChI=1S/C16H24ClN3O/c1-10(2)14-7-12(8-15(17)19-14)16(21)18-9-11(3)20(4)13-5-6-13/h7-8,10-11,13H,5-6,9H2,1-4H3,(H,18,21). The van der Waals surface area contributed by atoms with Gasteiger partial charge in [0.1, 0.15) is 5.15 Å². The Bertz CT molecular complexity index is 514. The summed E-state index contributed by atoms with van der Waals surface area (Å²) in [6.07, 6.45) is 2.54. The maximum absolute atomic E-state index is 12.3. The topological polar surface area (TPSA) is 45.2 Å². The van der Waals surface area contributed by atoms with E-state index in [1.807, 2.05) is 19.9 Å². The Hall–Kier alpha value is -1.13. The first-order valence-corrected chi connectivity index (χ1v) is 7.94. The van der Waals surface area contributed by atoms with Gasteiger partial charge in [0, 0.05) is 29.9 Å². The molecule has 0 spiro atoms. The van der Waals surface area contributed by atoms with Crippen LogP contribution in [0.1, 0.15) is 55.6 Å². The monoisotopic (exact) mass is 309 g/mol. The normalized spacial score (nSPS) is 16.3. The van der Waals surface area contributed by atoms with Gasteiger partial charge >= 0.3 is 0 Å². The Morgan fingerprint density at radius 2 is 2.10 bits per heavy atom. The zero-order valence-corrected chi connectivity index (χ0v) is 13.9.